The number of rotatable bonds is 6. The quantitative estimate of drug-likeness (QED) is 0.629. The molecule has 2 aromatic carbocycles. The van der Waals surface area contributed by atoms with Gasteiger partial charge in [-0.3, -0.25) is 9.10 Å². The summed E-state index contributed by atoms with van der Waals surface area (Å²) in [6, 6.07) is 15.0. The van der Waals surface area contributed by atoms with Gasteiger partial charge in [0.05, 0.1) is 29.3 Å². The Bertz CT molecular complexity index is 1230. The van der Waals surface area contributed by atoms with Crippen molar-refractivity contribution in [1.29, 1.82) is 0 Å². The number of sulfonamides is 1. The Hall–Kier alpha value is -3.26. The van der Waals surface area contributed by atoms with Gasteiger partial charge in [0.15, 0.2) is 0 Å². The standard InChI is InChI=1S/C23H24N2O5S/c1-15-8-10-21(30-15)16(2)24-23(26)19-14-18(9-11-22(19)29-3)31(27,28)25-13-12-17-6-4-5-7-20(17)25/h4-11,14,16H,12-13H2,1-3H3,(H,24,26). The Morgan fingerprint density at radius 3 is 2.65 bits per heavy atom. The number of furan rings is 1. The van der Waals surface area contributed by atoms with E-state index in [1.807, 2.05) is 31.2 Å². The van der Waals surface area contributed by atoms with Gasteiger partial charge in [0, 0.05) is 6.54 Å². The molecule has 0 fully saturated rings. The number of carbonyl (C=O) groups excluding carboxylic acids is 1. The summed E-state index contributed by atoms with van der Waals surface area (Å²) in [5.74, 6) is 1.20. The topological polar surface area (TPSA) is 88.9 Å². The van der Waals surface area contributed by atoms with E-state index in [-0.39, 0.29) is 10.5 Å². The Labute approximate surface area is 181 Å². The summed E-state index contributed by atoms with van der Waals surface area (Å²) in [5.41, 5.74) is 1.80. The van der Waals surface area contributed by atoms with Gasteiger partial charge in [-0.25, -0.2) is 8.42 Å². The first-order valence-electron chi connectivity index (χ1n) is 9.97. The summed E-state index contributed by atoms with van der Waals surface area (Å²) in [6.45, 7) is 3.99. The van der Waals surface area contributed by atoms with Crippen molar-refractivity contribution in [1.82, 2.24) is 5.32 Å². The van der Waals surface area contributed by atoms with Crippen molar-refractivity contribution >= 4 is 21.6 Å². The molecule has 162 valence electrons. The lowest BCUT2D eigenvalue weighted by Crippen LogP contribution is -2.30. The summed E-state index contributed by atoms with van der Waals surface area (Å²) >= 11 is 0. The summed E-state index contributed by atoms with van der Waals surface area (Å²) in [6.07, 6.45) is 0.652. The summed E-state index contributed by atoms with van der Waals surface area (Å²) in [4.78, 5) is 13.0. The van der Waals surface area contributed by atoms with Crippen LogP contribution in [0.15, 0.2) is 63.9 Å². The highest BCUT2D eigenvalue weighted by molar-refractivity contribution is 7.92. The molecule has 1 aliphatic rings. The molecular formula is C23H24N2O5S. The van der Waals surface area contributed by atoms with E-state index in [1.54, 1.807) is 19.1 Å². The molecule has 1 aliphatic heterocycles. The van der Waals surface area contributed by atoms with Gasteiger partial charge in [-0.05, 0) is 62.2 Å². The van der Waals surface area contributed by atoms with E-state index in [0.717, 1.165) is 11.3 Å². The first-order chi connectivity index (χ1) is 14.8. The number of hydrogen-bond acceptors (Lipinski definition) is 5. The zero-order valence-electron chi connectivity index (χ0n) is 17.6. The molecule has 8 heteroatoms. The van der Waals surface area contributed by atoms with Crippen LogP contribution in [0.5, 0.6) is 5.75 Å². The molecule has 1 aromatic heterocycles. The lowest BCUT2D eigenvalue weighted by atomic mass is 10.1. The van der Waals surface area contributed by atoms with Gasteiger partial charge in [-0.1, -0.05) is 18.2 Å². The van der Waals surface area contributed by atoms with Crippen LogP contribution >= 0.6 is 0 Å². The molecule has 1 amide bonds. The third kappa shape index (κ3) is 3.90. The normalized spacial score (nSPS) is 14.2. The van der Waals surface area contributed by atoms with Gasteiger partial charge in [0.25, 0.3) is 15.9 Å². The number of carbonyl (C=O) groups is 1. The molecule has 0 saturated carbocycles. The number of methoxy groups -OCH3 is 1. The summed E-state index contributed by atoms with van der Waals surface area (Å²) < 4.78 is 39.0. The Morgan fingerprint density at radius 1 is 1.16 bits per heavy atom. The zero-order chi connectivity index (χ0) is 22.2. The Morgan fingerprint density at radius 2 is 1.94 bits per heavy atom. The fourth-order valence-electron chi connectivity index (χ4n) is 3.74. The summed E-state index contributed by atoms with van der Waals surface area (Å²) in [5, 5.41) is 2.84. The lowest BCUT2D eigenvalue weighted by Gasteiger charge is -2.20. The van der Waals surface area contributed by atoms with Gasteiger partial charge >= 0.3 is 0 Å². The monoisotopic (exact) mass is 440 g/mol. The molecule has 2 heterocycles. The van der Waals surface area contributed by atoms with Crippen LogP contribution in [0.25, 0.3) is 0 Å². The second-order valence-electron chi connectivity index (χ2n) is 7.46. The van der Waals surface area contributed by atoms with Crippen LogP contribution in [0, 0.1) is 6.92 Å². The number of nitrogens with one attached hydrogen (secondary N) is 1. The average molecular weight is 441 g/mol. The van der Waals surface area contributed by atoms with Crippen molar-refractivity contribution < 1.29 is 22.4 Å². The molecule has 0 bridgehead atoms. The van der Waals surface area contributed by atoms with E-state index >= 15 is 0 Å². The van der Waals surface area contributed by atoms with Crippen LogP contribution in [-0.4, -0.2) is 28.0 Å². The lowest BCUT2D eigenvalue weighted by molar-refractivity contribution is 0.0932. The molecule has 4 rings (SSSR count). The maximum Gasteiger partial charge on any atom is 0.264 e. The molecular weight excluding hydrogens is 416 g/mol. The highest BCUT2D eigenvalue weighted by Gasteiger charge is 2.31. The smallest absolute Gasteiger partial charge is 0.264 e. The maximum absolute atomic E-state index is 13.4. The van der Waals surface area contributed by atoms with Crippen LogP contribution in [0.4, 0.5) is 5.69 Å². The van der Waals surface area contributed by atoms with Gasteiger partial charge < -0.3 is 14.5 Å². The highest BCUT2D eigenvalue weighted by Crippen LogP contribution is 2.34. The molecule has 7 nitrogen and oxygen atoms in total. The van der Waals surface area contributed by atoms with Crippen LogP contribution in [-0.2, 0) is 16.4 Å². The first kappa shape index (κ1) is 21.0. The minimum atomic E-state index is -3.83. The molecule has 3 aromatic rings. The molecule has 0 radical (unpaired) electrons. The van der Waals surface area contributed by atoms with Crippen LogP contribution in [0.1, 0.15) is 40.4 Å². The van der Waals surface area contributed by atoms with Crippen molar-refractivity contribution in [3.8, 4) is 5.75 Å². The van der Waals surface area contributed by atoms with Gasteiger partial charge in [0.2, 0.25) is 0 Å². The second kappa shape index (κ2) is 8.11. The second-order valence-corrected chi connectivity index (χ2v) is 9.32. The number of fused-ring (bicyclic) bond motifs is 1. The Balaban J connectivity index is 1.65. The van der Waals surface area contributed by atoms with E-state index in [4.69, 9.17) is 9.15 Å². The van der Waals surface area contributed by atoms with E-state index < -0.39 is 22.0 Å². The Kier molecular flexibility index (Phi) is 5.49. The minimum absolute atomic E-state index is 0.0386. The van der Waals surface area contributed by atoms with E-state index in [1.165, 1.54) is 29.6 Å². The van der Waals surface area contributed by atoms with Crippen LogP contribution < -0.4 is 14.4 Å². The fourth-order valence-corrected chi connectivity index (χ4v) is 5.27. The zero-order valence-corrected chi connectivity index (χ0v) is 18.4. The number of amides is 1. The predicted molar refractivity (Wildman–Crippen MR) is 117 cm³/mol. The molecule has 1 atom stereocenters. The third-order valence-corrected chi connectivity index (χ3v) is 7.19. The van der Waals surface area contributed by atoms with Crippen molar-refractivity contribution in [2.75, 3.05) is 18.0 Å². The molecule has 31 heavy (non-hydrogen) atoms. The number of anilines is 1. The van der Waals surface area contributed by atoms with Gasteiger partial charge in [-0.2, -0.15) is 0 Å². The largest absolute Gasteiger partial charge is 0.496 e. The van der Waals surface area contributed by atoms with Crippen LogP contribution in [0.2, 0.25) is 0 Å². The summed E-state index contributed by atoms with van der Waals surface area (Å²) in [7, 11) is -2.39. The van der Waals surface area contributed by atoms with Gasteiger partial charge in [-0.15, -0.1) is 0 Å². The van der Waals surface area contributed by atoms with Crippen molar-refractivity contribution in [3.63, 3.8) is 0 Å². The maximum atomic E-state index is 13.4. The molecule has 1 N–H and O–H groups in total. The van der Waals surface area contributed by atoms with Gasteiger partial charge in [0.1, 0.15) is 17.3 Å². The van der Waals surface area contributed by atoms with E-state index in [0.29, 0.717) is 30.2 Å². The van der Waals surface area contributed by atoms with E-state index in [2.05, 4.69) is 5.32 Å². The first-order valence-corrected chi connectivity index (χ1v) is 11.4. The number of para-hydroxylation sites is 1. The van der Waals surface area contributed by atoms with E-state index in [9.17, 15) is 13.2 Å². The SMILES string of the molecule is COc1ccc(S(=O)(=O)N2CCc3ccccc32)cc1C(=O)NC(C)c1ccc(C)o1. The third-order valence-electron chi connectivity index (χ3n) is 5.38. The average Bonchev–Trinajstić information content (AvgIpc) is 3.39. The minimum Gasteiger partial charge on any atom is -0.496 e. The van der Waals surface area contributed by atoms with Crippen molar-refractivity contribution in [3.05, 3.63) is 77.2 Å². The highest BCUT2D eigenvalue weighted by atomic mass is 32.2. The molecule has 0 spiro atoms. The number of ether oxygens (including phenoxy) is 1. The fraction of sp³-hybridized carbons (Fsp3) is 0.261. The number of hydrogen-bond donors (Lipinski definition) is 1. The molecule has 0 aliphatic carbocycles. The van der Waals surface area contributed by atoms with Crippen molar-refractivity contribution in [2.45, 2.75) is 31.2 Å². The van der Waals surface area contributed by atoms with Crippen molar-refractivity contribution in [2.24, 2.45) is 0 Å². The number of nitrogens with zero attached hydrogens (tertiary/aromatic N) is 1. The predicted octanol–water partition coefficient (Wildman–Crippen LogP) is 3.84. The van der Waals surface area contributed by atoms with Crippen LogP contribution in [0.3, 0.4) is 0 Å². The molecule has 1 unspecified atom stereocenters. The number of benzene rings is 2. The number of aryl methyl sites for hydroxylation is 1. The molecule has 0 saturated heterocycles.